The number of hydrogen-bond donors (Lipinski definition) is 3. The van der Waals surface area contributed by atoms with E-state index in [1.54, 1.807) is 36.4 Å². The number of benzene rings is 1. The molecular weight excluding hydrogens is 730 g/mol. The second-order valence-corrected chi connectivity index (χ2v) is 15.9. The van der Waals surface area contributed by atoms with E-state index in [-0.39, 0.29) is 73.6 Å². The van der Waals surface area contributed by atoms with E-state index in [1.807, 2.05) is 34.7 Å². The van der Waals surface area contributed by atoms with Gasteiger partial charge in [-0.05, 0) is 68.8 Å². The number of thiazole rings is 1. The monoisotopic (exact) mass is 791 g/mol. The van der Waals surface area contributed by atoms with Crippen molar-refractivity contribution in [1.29, 1.82) is 0 Å². The summed E-state index contributed by atoms with van der Waals surface area (Å²) in [7, 11) is 5.04. The summed E-state index contributed by atoms with van der Waals surface area (Å²) in [4.78, 5) is 62.1. The van der Waals surface area contributed by atoms with Crippen LogP contribution in [0.1, 0.15) is 100 Å². The molecule has 15 heteroatoms. The zero-order valence-electron chi connectivity index (χ0n) is 33.7. The van der Waals surface area contributed by atoms with Crippen molar-refractivity contribution in [2.75, 3.05) is 47.8 Å². The second-order valence-electron chi connectivity index (χ2n) is 15.0. The summed E-state index contributed by atoms with van der Waals surface area (Å²) in [5.41, 5.74) is 0.888. The largest absolute Gasteiger partial charge is 0.481 e. The van der Waals surface area contributed by atoms with E-state index in [9.17, 15) is 28.7 Å². The number of carbonyl (C=O) groups is 4. The number of aromatic nitrogens is 1. The number of nitrogens with one attached hydrogen (secondary N) is 2. The maximum atomic E-state index is 14.6. The van der Waals surface area contributed by atoms with Gasteiger partial charge in [0.05, 0.1) is 18.6 Å². The molecule has 2 heterocycles. The number of ether oxygens (including phenoxy) is 3. The summed E-state index contributed by atoms with van der Waals surface area (Å²) in [6.45, 7) is 11.0. The van der Waals surface area contributed by atoms with Gasteiger partial charge in [0.2, 0.25) is 11.8 Å². The molecule has 1 aromatic heterocycles. The lowest BCUT2D eigenvalue weighted by atomic mass is 9.92. The lowest BCUT2D eigenvalue weighted by Crippen LogP contribution is -2.59. The number of amides is 3. The van der Waals surface area contributed by atoms with E-state index < -0.39 is 36.0 Å². The maximum absolute atomic E-state index is 14.6. The Bertz CT molecular complexity index is 1510. The molecule has 7 atom stereocenters. The fraction of sp³-hybridized carbons (Fsp3) is 0.675. The number of likely N-dealkylation sites (tertiary alicyclic amines) is 1. The van der Waals surface area contributed by atoms with Crippen LogP contribution >= 0.6 is 11.3 Å². The minimum atomic E-state index is -0.986. The molecule has 3 rings (SSSR count). The van der Waals surface area contributed by atoms with Crippen molar-refractivity contribution in [3.8, 4) is 0 Å². The molecule has 55 heavy (non-hydrogen) atoms. The van der Waals surface area contributed by atoms with Gasteiger partial charge < -0.3 is 34.9 Å². The Balaban J connectivity index is 1.89. The molecule has 1 aliphatic rings. The summed E-state index contributed by atoms with van der Waals surface area (Å²) in [6.07, 6.45) is 3.55. The molecule has 1 aliphatic heterocycles. The molecule has 0 spiro atoms. The Kier molecular flexibility index (Phi) is 19.1. The van der Waals surface area contributed by atoms with Crippen molar-refractivity contribution in [2.24, 2.45) is 17.8 Å². The minimum Gasteiger partial charge on any atom is -0.481 e. The van der Waals surface area contributed by atoms with Gasteiger partial charge in [-0.1, -0.05) is 59.6 Å². The molecule has 0 bridgehead atoms. The van der Waals surface area contributed by atoms with Crippen LogP contribution in [0.2, 0.25) is 0 Å². The highest BCUT2D eigenvalue weighted by Gasteiger charge is 2.38. The van der Waals surface area contributed by atoms with Gasteiger partial charge in [0.15, 0.2) is 0 Å². The standard InChI is InChI=1S/C40H62FN5O8S/c1-9-26(4)35(44-37(48)32-12-10-11-17-45(32)6)39(49)46(18-19-52-7)33(25(2)3)22-34(54-24-53-8)38-43-31(23-55-38)36(47)42-30(20-27(5)40(50)51)21-28-13-15-29(41)16-14-28/h13-16,23,25-27,30,32-35H,9-12,17-22,24H2,1-8H3,(H,42,47)(H,44,48)(H,50,51). The van der Waals surface area contributed by atoms with Gasteiger partial charge in [-0.25, -0.2) is 9.37 Å². The van der Waals surface area contributed by atoms with Crippen molar-refractivity contribution in [1.82, 2.24) is 25.4 Å². The molecule has 1 saturated heterocycles. The summed E-state index contributed by atoms with van der Waals surface area (Å²) < 4.78 is 30.5. The van der Waals surface area contributed by atoms with Crippen LogP contribution in [0.5, 0.6) is 0 Å². The smallest absolute Gasteiger partial charge is 0.306 e. The first-order valence-corrected chi connectivity index (χ1v) is 20.2. The Morgan fingerprint density at radius 1 is 1.05 bits per heavy atom. The van der Waals surface area contributed by atoms with E-state index in [1.165, 1.54) is 30.6 Å². The fourth-order valence-corrected chi connectivity index (χ4v) is 7.80. The lowest BCUT2D eigenvalue weighted by molar-refractivity contribution is -0.144. The number of halogens is 1. The number of carboxylic acid groups (broad SMARTS) is 1. The van der Waals surface area contributed by atoms with Gasteiger partial charge in [-0.3, -0.25) is 24.1 Å². The number of aliphatic carboxylic acids is 1. The normalized spacial score (nSPS) is 18.2. The Labute approximate surface area is 329 Å². The van der Waals surface area contributed by atoms with Crippen molar-refractivity contribution in [3.05, 3.63) is 51.7 Å². The van der Waals surface area contributed by atoms with Crippen LogP contribution in [0.4, 0.5) is 4.39 Å². The first-order valence-electron chi connectivity index (χ1n) is 19.3. The summed E-state index contributed by atoms with van der Waals surface area (Å²) in [5, 5.41) is 17.8. The van der Waals surface area contributed by atoms with Crippen LogP contribution in [0.3, 0.4) is 0 Å². The molecular formula is C40H62FN5O8S. The highest BCUT2D eigenvalue weighted by molar-refractivity contribution is 7.09. The van der Waals surface area contributed by atoms with Gasteiger partial charge in [0, 0.05) is 44.6 Å². The molecule has 308 valence electrons. The van der Waals surface area contributed by atoms with E-state index >= 15 is 0 Å². The predicted molar refractivity (Wildman–Crippen MR) is 209 cm³/mol. The van der Waals surface area contributed by atoms with Crippen molar-refractivity contribution < 1.29 is 42.9 Å². The average molecular weight is 792 g/mol. The molecule has 7 unspecified atom stereocenters. The Morgan fingerprint density at radius 2 is 1.76 bits per heavy atom. The number of rotatable bonds is 23. The highest BCUT2D eigenvalue weighted by Crippen LogP contribution is 2.31. The molecule has 0 saturated carbocycles. The molecule has 3 amide bonds. The van der Waals surface area contributed by atoms with E-state index in [0.29, 0.717) is 24.3 Å². The van der Waals surface area contributed by atoms with Crippen LogP contribution in [-0.2, 0) is 35.0 Å². The first kappa shape index (κ1) is 45.9. The van der Waals surface area contributed by atoms with E-state index in [2.05, 4.69) is 20.5 Å². The summed E-state index contributed by atoms with van der Waals surface area (Å²) in [6, 6.07) is 3.91. The predicted octanol–water partition coefficient (Wildman–Crippen LogP) is 5.30. The number of carbonyl (C=O) groups excluding carboxylic acids is 3. The highest BCUT2D eigenvalue weighted by atomic mass is 32.1. The van der Waals surface area contributed by atoms with Crippen molar-refractivity contribution in [2.45, 2.75) is 110 Å². The third-order valence-electron chi connectivity index (χ3n) is 10.5. The van der Waals surface area contributed by atoms with Crippen LogP contribution in [0, 0.1) is 23.6 Å². The fourth-order valence-electron chi connectivity index (χ4n) is 6.94. The molecule has 0 radical (unpaired) electrons. The average Bonchev–Trinajstić information content (AvgIpc) is 3.65. The zero-order chi connectivity index (χ0) is 40.7. The molecule has 1 fully saturated rings. The van der Waals surface area contributed by atoms with Gasteiger partial charge in [0.1, 0.15) is 35.5 Å². The third-order valence-corrected chi connectivity index (χ3v) is 11.4. The van der Waals surface area contributed by atoms with Crippen molar-refractivity contribution >= 4 is 35.0 Å². The van der Waals surface area contributed by atoms with Crippen molar-refractivity contribution in [3.63, 3.8) is 0 Å². The number of methoxy groups -OCH3 is 2. The summed E-state index contributed by atoms with van der Waals surface area (Å²) >= 11 is 1.24. The zero-order valence-corrected chi connectivity index (χ0v) is 34.5. The lowest BCUT2D eigenvalue weighted by Gasteiger charge is -2.40. The Hall–Kier alpha value is -3.50. The third kappa shape index (κ3) is 13.9. The van der Waals surface area contributed by atoms with Crippen LogP contribution in [-0.4, -0.2) is 116 Å². The van der Waals surface area contributed by atoms with Crippen LogP contribution in [0.25, 0.3) is 0 Å². The van der Waals surface area contributed by atoms with E-state index in [4.69, 9.17) is 14.2 Å². The van der Waals surface area contributed by atoms with Gasteiger partial charge in [-0.15, -0.1) is 11.3 Å². The Morgan fingerprint density at radius 3 is 2.36 bits per heavy atom. The molecule has 2 aromatic rings. The maximum Gasteiger partial charge on any atom is 0.306 e. The van der Waals surface area contributed by atoms with Crippen LogP contribution in [0.15, 0.2) is 29.6 Å². The quantitative estimate of drug-likeness (QED) is 0.126. The van der Waals surface area contributed by atoms with Gasteiger partial charge in [0.25, 0.3) is 5.91 Å². The van der Waals surface area contributed by atoms with E-state index in [0.717, 1.165) is 31.4 Å². The number of nitrogens with zero attached hydrogens (tertiary/aromatic N) is 3. The molecule has 3 N–H and O–H groups in total. The van der Waals surface area contributed by atoms with Gasteiger partial charge in [-0.2, -0.15) is 0 Å². The van der Waals surface area contributed by atoms with Gasteiger partial charge >= 0.3 is 5.97 Å². The summed E-state index contributed by atoms with van der Waals surface area (Å²) in [5.74, 6) is -3.09. The first-order chi connectivity index (χ1) is 26.2. The molecule has 13 nitrogen and oxygen atoms in total. The number of hydrogen-bond acceptors (Lipinski definition) is 10. The number of carboxylic acids is 1. The van der Waals surface area contributed by atoms with Crippen LogP contribution < -0.4 is 10.6 Å². The SMILES string of the molecule is CCC(C)C(NC(=O)C1CCCCN1C)C(=O)N(CCOC)C(CC(OCOC)c1nc(C(=O)NC(Cc2ccc(F)cc2)CC(C)C(=O)O)cs1)C(C)C. The number of likely N-dealkylation sites (N-methyl/N-ethyl adjacent to an activating group) is 1. The second kappa shape index (κ2) is 22.9. The topological polar surface area (TPSA) is 160 Å². The molecule has 0 aliphatic carbocycles. The minimum absolute atomic E-state index is 0.0432. The molecule has 1 aromatic carbocycles. The number of piperidine rings is 1.